The van der Waals surface area contributed by atoms with Crippen LogP contribution in [0.1, 0.15) is 84.5 Å². The van der Waals surface area contributed by atoms with Gasteiger partial charge in [-0.05, 0) is 105 Å². The summed E-state index contributed by atoms with van der Waals surface area (Å²) >= 11 is 0. The van der Waals surface area contributed by atoms with E-state index in [1.54, 1.807) is 0 Å². The molecule has 2 heterocycles. The average molecular weight is 431 g/mol. The van der Waals surface area contributed by atoms with E-state index in [4.69, 9.17) is 4.74 Å². The zero-order chi connectivity index (χ0) is 21.2. The van der Waals surface area contributed by atoms with Crippen LogP contribution < -0.4 is 0 Å². The smallest absolute Gasteiger partial charge is 0.0627 e. The fourth-order valence-corrected chi connectivity index (χ4v) is 10.2. The lowest BCUT2D eigenvalue weighted by Gasteiger charge is -2.61. The molecule has 0 bridgehead atoms. The molecule has 31 heavy (non-hydrogen) atoms. The molecule has 0 radical (unpaired) electrons. The molecular weight excluding hydrogens is 384 g/mol. The predicted molar refractivity (Wildman–Crippen MR) is 124 cm³/mol. The third-order valence-electron chi connectivity index (χ3n) is 11.7. The Kier molecular flexibility index (Phi) is 5.49. The van der Waals surface area contributed by atoms with Crippen molar-refractivity contribution in [3.05, 3.63) is 0 Å². The summed E-state index contributed by atoms with van der Waals surface area (Å²) in [6, 6.07) is 0.799. The summed E-state index contributed by atoms with van der Waals surface area (Å²) in [6.45, 7) is 10.8. The van der Waals surface area contributed by atoms with Gasteiger partial charge in [-0.15, -0.1) is 0 Å². The van der Waals surface area contributed by atoms with E-state index in [-0.39, 0.29) is 6.10 Å². The average Bonchev–Trinajstić information content (AvgIpc) is 3.38. The molecule has 9 atom stereocenters. The lowest BCUT2D eigenvalue weighted by molar-refractivity contribution is -0.133. The molecule has 0 aromatic rings. The molecule has 0 spiro atoms. The van der Waals surface area contributed by atoms with E-state index in [0.29, 0.717) is 17.0 Å². The number of morpholine rings is 1. The van der Waals surface area contributed by atoms with Crippen LogP contribution in [0.5, 0.6) is 0 Å². The fourth-order valence-electron chi connectivity index (χ4n) is 10.2. The number of rotatable bonds is 2. The monoisotopic (exact) mass is 430 g/mol. The second-order valence-corrected chi connectivity index (χ2v) is 12.7. The summed E-state index contributed by atoms with van der Waals surface area (Å²) in [7, 11) is 0. The van der Waals surface area contributed by atoms with Gasteiger partial charge < -0.3 is 9.84 Å². The Morgan fingerprint density at radius 2 is 1.58 bits per heavy atom. The Morgan fingerprint density at radius 3 is 2.42 bits per heavy atom. The van der Waals surface area contributed by atoms with Crippen molar-refractivity contribution in [3.8, 4) is 0 Å². The fraction of sp³-hybridized carbons (Fsp3) is 1.00. The number of nitrogens with zero attached hydrogens (tertiary/aromatic N) is 2. The lowest BCUT2D eigenvalue weighted by Crippen LogP contribution is -2.59. The van der Waals surface area contributed by atoms with E-state index < -0.39 is 0 Å². The number of ether oxygens (including phenoxy) is 1. The molecule has 0 aromatic carbocycles. The molecule has 2 saturated heterocycles. The third kappa shape index (κ3) is 3.29. The Balaban J connectivity index is 1.22. The molecule has 0 amide bonds. The van der Waals surface area contributed by atoms with E-state index in [1.165, 1.54) is 64.3 Å². The van der Waals surface area contributed by atoms with E-state index in [9.17, 15) is 5.11 Å². The molecule has 0 aromatic heterocycles. The van der Waals surface area contributed by atoms with Gasteiger partial charge in [-0.2, -0.15) is 0 Å². The van der Waals surface area contributed by atoms with Gasteiger partial charge in [-0.25, -0.2) is 0 Å². The highest BCUT2D eigenvalue weighted by atomic mass is 16.5. The van der Waals surface area contributed by atoms with Gasteiger partial charge in [0.05, 0.1) is 25.5 Å². The molecule has 6 fully saturated rings. The second kappa shape index (κ2) is 7.96. The Bertz CT molecular complexity index is 666. The van der Waals surface area contributed by atoms with Crippen LogP contribution >= 0.6 is 0 Å². The number of hydrogen-bond donors (Lipinski definition) is 1. The molecular formula is C27H46N2O2. The first-order valence-electron chi connectivity index (χ1n) is 13.8. The predicted octanol–water partition coefficient (Wildman–Crippen LogP) is 4.51. The second-order valence-electron chi connectivity index (χ2n) is 12.7. The van der Waals surface area contributed by atoms with Crippen molar-refractivity contribution in [2.75, 3.05) is 32.8 Å². The largest absolute Gasteiger partial charge is 0.393 e. The summed E-state index contributed by atoms with van der Waals surface area (Å²) in [5.41, 5.74) is 1.03. The highest BCUT2D eigenvalue weighted by Crippen LogP contribution is 2.67. The van der Waals surface area contributed by atoms with E-state index in [0.717, 1.165) is 68.9 Å². The molecule has 1 N–H and O–H groups in total. The van der Waals surface area contributed by atoms with Crippen molar-refractivity contribution < 1.29 is 9.84 Å². The lowest BCUT2D eigenvalue weighted by atomic mass is 9.45. The van der Waals surface area contributed by atoms with Gasteiger partial charge >= 0.3 is 0 Å². The van der Waals surface area contributed by atoms with Crippen molar-refractivity contribution >= 4 is 0 Å². The van der Waals surface area contributed by atoms with Crippen molar-refractivity contribution in [3.63, 3.8) is 0 Å². The number of aliphatic hydroxyl groups excluding tert-OH is 1. The first-order chi connectivity index (χ1) is 15.0. The summed E-state index contributed by atoms with van der Waals surface area (Å²) in [4.78, 5) is 5.73. The molecule has 6 rings (SSSR count). The molecule has 4 nitrogen and oxygen atoms in total. The SMILES string of the molecule is C[C@]12CCC(O)CC1CC[C@@H]1[C@H]2CC[C@]2(C)C(N3CCCC3N3CCOCC3)CC[C@@H]12. The van der Waals surface area contributed by atoms with Crippen LogP contribution in [0.3, 0.4) is 0 Å². The van der Waals surface area contributed by atoms with Gasteiger partial charge in [-0.3, -0.25) is 9.80 Å². The first-order valence-corrected chi connectivity index (χ1v) is 13.8. The van der Waals surface area contributed by atoms with Crippen molar-refractivity contribution in [1.29, 1.82) is 0 Å². The summed E-state index contributed by atoms with van der Waals surface area (Å²) in [6.07, 6.45) is 15.4. The standard InChI is InChI=1S/C27H46N2O2/c1-26-11-9-20(30)18-19(26)5-6-21-22-7-8-24(27(22,2)12-10-23(21)26)29-13-3-4-25(29)28-14-16-31-17-15-28/h19-25,30H,3-18H2,1-2H3/t19?,20?,21-,22-,23+,24?,25?,26-,27-/m0/s1. The molecule has 6 aliphatic rings. The van der Waals surface area contributed by atoms with Gasteiger partial charge in [0.25, 0.3) is 0 Å². The Morgan fingerprint density at radius 1 is 0.806 bits per heavy atom. The molecule has 4 saturated carbocycles. The zero-order valence-corrected chi connectivity index (χ0v) is 20.1. The highest BCUT2D eigenvalue weighted by Gasteiger charge is 2.61. The molecule has 176 valence electrons. The van der Waals surface area contributed by atoms with E-state index >= 15 is 0 Å². The van der Waals surface area contributed by atoms with Crippen LogP contribution in [-0.4, -0.2) is 66.1 Å². The van der Waals surface area contributed by atoms with Crippen molar-refractivity contribution in [2.24, 2.45) is 34.5 Å². The van der Waals surface area contributed by atoms with Gasteiger partial charge in [0.1, 0.15) is 0 Å². The quantitative estimate of drug-likeness (QED) is 0.699. The maximum Gasteiger partial charge on any atom is 0.0627 e. The van der Waals surface area contributed by atoms with E-state index in [2.05, 4.69) is 23.6 Å². The minimum Gasteiger partial charge on any atom is -0.393 e. The minimum absolute atomic E-state index is 0.0216. The Labute approximate surface area is 190 Å². The van der Waals surface area contributed by atoms with Crippen LogP contribution in [0.25, 0.3) is 0 Å². The first kappa shape index (κ1) is 21.4. The topological polar surface area (TPSA) is 35.9 Å². The minimum atomic E-state index is -0.0216. The van der Waals surface area contributed by atoms with Crippen LogP contribution in [0.2, 0.25) is 0 Å². The van der Waals surface area contributed by atoms with Crippen LogP contribution in [-0.2, 0) is 4.74 Å². The highest BCUT2D eigenvalue weighted by molar-refractivity contribution is 5.12. The van der Waals surface area contributed by atoms with Crippen molar-refractivity contribution in [1.82, 2.24) is 9.80 Å². The molecule has 2 aliphatic heterocycles. The number of hydrogen-bond acceptors (Lipinski definition) is 4. The zero-order valence-electron chi connectivity index (χ0n) is 20.1. The number of likely N-dealkylation sites (tertiary alicyclic amines) is 1. The van der Waals surface area contributed by atoms with Gasteiger partial charge in [0.2, 0.25) is 0 Å². The van der Waals surface area contributed by atoms with Gasteiger partial charge in [0.15, 0.2) is 0 Å². The maximum atomic E-state index is 10.3. The molecule has 4 heteroatoms. The normalized spacial score (nSPS) is 53.7. The van der Waals surface area contributed by atoms with Gasteiger partial charge in [-0.1, -0.05) is 13.8 Å². The van der Waals surface area contributed by atoms with Crippen LogP contribution in [0, 0.1) is 34.5 Å². The van der Waals surface area contributed by atoms with Crippen molar-refractivity contribution in [2.45, 2.75) is 103 Å². The molecule has 4 unspecified atom stereocenters. The van der Waals surface area contributed by atoms with Crippen LogP contribution in [0.15, 0.2) is 0 Å². The summed E-state index contributed by atoms with van der Waals surface area (Å²) in [5, 5.41) is 10.3. The summed E-state index contributed by atoms with van der Waals surface area (Å²) < 4.78 is 5.67. The maximum absolute atomic E-state index is 10.3. The summed E-state index contributed by atoms with van der Waals surface area (Å²) in [5.74, 6) is 3.59. The number of aliphatic hydroxyl groups is 1. The third-order valence-corrected chi connectivity index (χ3v) is 11.7. The number of fused-ring (bicyclic) bond motifs is 5. The molecule has 4 aliphatic carbocycles. The van der Waals surface area contributed by atoms with Gasteiger partial charge in [0, 0.05) is 25.7 Å². The van der Waals surface area contributed by atoms with E-state index in [1.807, 2.05) is 0 Å². The Hall–Kier alpha value is -0.160. The van der Waals surface area contributed by atoms with Crippen LogP contribution in [0.4, 0.5) is 0 Å².